The molecule has 0 saturated heterocycles. The van der Waals surface area contributed by atoms with Crippen LogP contribution in [0.5, 0.6) is 0 Å². The molecule has 5 nitrogen and oxygen atoms in total. The van der Waals surface area contributed by atoms with Crippen LogP contribution in [0.25, 0.3) is 0 Å². The average molecular weight is 351 g/mol. The third kappa shape index (κ3) is 8.29. The number of carbonyl (C=O) groups is 2. The van der Waals surface area contributed by atoms with Gasteiger partial charge in [0.05, 0.1) is 6.61 Å². The molecule has 5 heteroatoms. The van der Waals surface area contributed by atoms with Crippen LogP contribution in [0.1, 0.15) is 84.0 Å². The van der Waals surface area contributed by atoms with E-state index in [2.05, 4.69) is 18.2 Å². The zero-order valence-electron chi connectivity index (χ0n) is 15.6. The van der Waals surface area contributed by atoms with E-state index < -0.39 is 11.6 Å². The molecular weight excluding hydrogens is 318 g/mol. The van der Waals surface area contributed by atoms with Gasteiger partial charge in [-0.1, -0.05) is 58.3 Å². The van der Waals surface area contributed by atoms with Crippen LogP contribution < -0.4 is 5.32 Å². The molecule has 1 saturated carbocycles. The van der Waals surface area contributed by atoms with E-state index in [1.165, 1.54) is 32.1 Å². The first-order chi connectivity index (χ1) is 12.1. The van der Waals surface area contributed by atoms with Crippen LogP contribution in [0.15, 0.2) is 0 Å². The molecule has 0 aliphatic heterocycles. The molecule has 25 heavy (non-hydrogen) atoms. The van der Waals surface area contributed by atoms with Crippen molar-refractivity contribution in [3.8, 4) is 12.3 Å². The minimum absolute atomic E-state index is 0.158. The van der Waals surface area contributed by atoms with Crippen LogP contribution in [0.4, 0.5) is 4.79 Å². The van der Waals surface area contributed by atoms with Crippen LogP contribution in [-0.4, -0.2) is 30.8 Å². The largest absolute Gasteiger partial charge is 0.464 e. The van der Waals surface area contributed by atoms with Gasteiger partial charge in [-0.2, -0.15) is 0 Å². The summed E-state index contributed by atoms with van der Waals surface area (Å²) in [6, 6.07) is 0. The van der Waals surface area contributed by atoms with Gasteiger partial charge in [0, 0.05) is 6.42 Å². The molecule has 0 aromatic heterocycles. The number of nitrogens with one attached hydrogen (secondary N) is 1. The SMILES string of the molecule is C#CCCOC(=O)NC1(C(=O)OCCCCCCCCC)CCCC1. The Hall–Kier alpha value is -1.70. The highest BCUT2D eigenvalue weighted by Crippen LogP contribution is 2.31. The number of rotatable bonds is 12. The van der Waals surface area contributed by atoms with Crippen molar-refractivity contribution in [1.29, 1.82) is 0 Å². The Balaban J connectivity index is 2.28. The number of unbranched alkanes of at least 4 members (excludes halogenated alkanes) is 6. The van der Waals surface area contributed by atoms with E-state index >= 15 is 0 Å². The van der Waals surface area contributed by atoms with Crippen LogP contribution in [-0.2, 0) is 14.3 Å². The standard InChI is InChI=1S/C20H33NO4/c1-3-5-7-8-9-10-13-17-24-18(22)20(14-11-12-15-20)21-19(23)25-16-6-4-2/h2H,3,5-17H2,1H3,(H,21,23). The minimum Gasteiger partial charge on any atom is -0.464 e. The highest BCUT2D eigenvalue weighted by Gasteiger charge is 2.44. The van der Waals surface area contributed by atoms with E-state index in [0.29, 0.717) is 25.9 Å². The van der Waals surface area contributed by atoms with Crippen molar-refractivity contribution in [3.05, 3.63) is 0 Å². The van der Waals surface area contributed by atoms with Gasteiger partial charge in [0.2, 0.25) is 0 Å². The summed E-state index contributed by atoms with van der Waals surface area (Å²) in [7, 11) is 0. The molecule has 1 aliphatic carbocycles. The number of ether oxygens (including phenoxy) is 2. The Morgan fingerprint density at radius 1 is 1.00 bits per heavy atom. The first-order valence-corrected chi connectivity index (χ1v) is 9.70. The molecule has 142 valence electrons. The first-order valence-electron chi connectivity index (χ1n) is 9.70. The van der Waals surface area contributed by atoms with Gasteiger partial charge >= 0.3 is 12.1 Å². The van der Waals surface area contributed by atoms with Crippen LogP contribution in [0, 0.1) is 12.3 Å². The monoisotopic (exact) mass is 351 g/mol. The molecule has 1 amide bonds. The molecule has 1 fully saturated rings. The summed E-state index contributed by atoms with van der Waals surface area (Å²) < 4.78 is 10.5. The number of alkyl carbamates (subject to hydrolysis) is 1. The van der Waals surface area contributed by atoms with E-state index in [0.717, 1.165) is 25.7 Å². The second kappa shape index (κ2) is 12.6. The molecule has 1 N–H and O–H groups in total. The van der Waals surface area contributed by atoms with Gasteiger partial charge in [-0.15, -0.1) is 12.3 Å². The molecule has 0 aromatic rings. The number of carbonyl (C=O) groups excluding carboxylic acids is 2. The fourth-order valence-electron chi connectivity index (χ4n) is 3.15. The third-order valence-electron chi connectivity index (χ3n) is 4.65. The predicted octanol–water partition coefficient (Wildman–Crippen LogP) is 4.34. The van der Waals surface area contributed by atoms with Crippen molar-refractivity contribution >= 4 is 12.1 Å². The van der Waals surface area contributed by atoms with Crippen LogP contribution >= 0.6 is 0 Å². The average Bonchev–Trinajstić information content (AvgIpc) is 3.07. The second-order valence-corrected chi connectivity index (χ2v) is 6.76. The quantitative estimate of drug-likeness (QED) is 0.323. The van der Waals surface area contributed by atoms with Gasteiger partial charge in [-0.3, -0.25) is 0 Å². The molecule has 0 unspecified atom stereocenters. The molecule has 0 atom stereocenters. The summed E-state index contributed by atoms with van der Waals surface area (Å²) in [4.78, 5) is 24.4. The fraction of sp³-hybridized carbons (Fsp3) is 0.800. The Kier molecular flexibility index (Phi) is 10.8. The molecule has 0 aromatic carbocycles. The molecule has 0 bridgehead atoms. The lowest BCUT2D eigenvalue weighted by Crippen LogP contribution is -2.53. The first kappa shape index (κ1) is 21.3. The summed E-state index contributed by atoms with van der Waals surface area (Å²) in [6.07, 6.45) is 16.1. The molecule has 1 aliphatic rings. The Bertz CT molecular complexity index is 435. The van der Waals surface area contributed by atoms with E-state index in [-0.39, 0.29) is 12.6 Å². The maximum atomic E-state index is 12.5. The highest BCUT2D eigenvalue weighted by atomic mass is 16.6. The maximum Gasteiger partial charge on any atom is 0.408 e. The fourth-order valence-corrected chi connectivity index (χ4v) is 3.15. The van der Waals surface area contributed by atoms with Crippen molar-refractivity contribution in [2.24, 2.45) is 0 Å². The van der Waals surface area contributed by atoms with Gasteiger partial charge in [0.15, 0.2) is 0 Å². The van der Waals surface area contributed by atoms with Crippen LogP contribution in [0.2, 0.25) is 0 Å². The lowest BCUT2D eigenvalue weighted by atomic mass is 9.98. The maximum absolute atomic E-state index is 12.5. The van der Waals surface area contributed by atoms with Gasteiger partial charge < -0.3 is 14.8 Å². The minimum atomic E-state index is -0.922. The van der Waals surface area contributed by atoms with Crippen molar-refractivity contribution in [3.63, 3.8) is 0 Å². The number of terminal acetylenes is 1. The highest BCUT2D eigenvalue weighted by molar-refractivity contribution is 5.86. The summed E-state index contributed by atoms with van der Waals surface area (Å²) in [6.45, 7) is 2.78. The summed E-state index contributed by atoms with van der Waals surface area (Å²) in [5, 5.41) is 2.72. The van der Waals surface area contributed by atoms with Crippen molar-refractivity contribution in [1.82, 2.24) is 5.32 Å². The molecule has 0 spiro atoms. The molecular formula is C20H33NO4. The van der Waals surface area contributed by atoms with E-state index in [9.17, 15) is 9.59 Å². The Labute approximate surface area is 152 Å². The van der Waals surface area contributed by atoms with E-state index in [1.807, 2.05) is 0 Å². The molecule has 0 radical (unpaired) electrons. The van der Waals surface area contributed by atoms with Crippen molar-refractivity contribution in [2.45, 2.75) is 89.5 Å². The molecule has 0 heterocycles. The van der Waals surface area contributed by atoms with E-state index in [1.54, 1.807) is 0 Å². The molecule has 1 rings (SSSR count). The number of esters is 1. The van der Waals surface area contributed by atoms with Crippen molar-refractivity contribution < 1.29 is 19.1 Å². The lowest BCUT2D eigenvalue weighted by Gasteiger charge is -2.27. The lowest BCUT2D eigenvalue weighted by molar-refractivity contribution is -0.151. The third-order valence-corrected chi connectivity index (χ3v) is 4.65. The second-order valence-electron chi connectivity index (χ2n) is 6.76. The van der Waals surface area contributed by atoms with Gasteiger partial charge in [0.1, 0.15) is 12.1 Å². The van der Waals surface area contributed by atoms with Gasteiger partial charge in [0.25, 0.3) is 0 Å². The number of hydrogen-bond acceptors (Lipinski definition) is 4. The zero-order valence-corrected chi connectivity index (χ0v) is 15.6. The zero-order chi connectivity index (χ0) is 18.4. The summed E-state index contributed by atoms with van der Waals surface area (Å²) in [5.74, 6) is 2.08. The normalized spacial score (nSPS) is 15.4. The Morgan fingerprint density at radius 3 is 2.28 bits per heavy atom. The van der Waals surface area contributed by atoms with Crippen molar-refractivity contribution in [2.75, 3.05) is 13.2 Å². The van der Waals surface area contributed by atoms with Crippen LogP contribution in [0.3, 0.4) is 0 Å². The van der Waals surface area contributed by atoms with E-state index in [4.69, 9.17) is 15.9 Å². The van der Waals surface area contributed by atoms with Gasteiger partial charge in [-0.25, -0.2) is 9.59 Å². The van der Waals surface area contributed by atoms with Gasteiger partial charge in [-0.05, 0) is 19.3 Å². The summed E-state index contributed by atoms with van der Waals surface area (Å²) >= 11 is 0. The Morgan fingerprint density at radius 2 is 1.64 bits per heavy atom. The number of amides is 1. The number of hydrogen-bond donors (Lipinski definition) is 1. The predicted molar refractivity (Wildman–Crippen MR) is 98.1 cm³/mol. The topological polar surface area (TPSA) is 64.6 Å². The smallest absolute Gasteiger partial charge is 0.408 e. The summed E-state index contributed by atoms with van der Waals surface area (Å²) in [5.41, 5.74) is -0.922.